The minimum absolute atomic E-state index is 0.172. The predicted octanol–water partition coefficient (Wildman–Crippen LogP) is 2.90. The summed E-state index contributed by atoms with van der Waals surface area (Å²) in [5, 5.41) is 14.9. The number of carbonyl (C=O) groups excluding carboxylic acids is 2. The van der Waals surface area contributed by atoms with Gasteiger partial charge in [-0.2, -0.15) is 5.26 Å². The Balaban J connectivity index is 2.16. The van der Waals surface area contributed by atoms with E-state index in [1.165, 1.54) is 12.3 Å². The van der Waals surface area contributed by atoms with Crippen molar-refractivity contribution in [2.45, 2.75) is 0 Å². The van der Waals surface area contributed by atoms with Crippen LogP contribution in [0.2, 0.25) is 5.02 Å². The number of carbonyl (C=O) groups is 2. The summed E-state index contributed by atoms with van der Waals surface area (Å²) < 4.78 is 0. The molecular weight excluding hydrogens is 328 g/mol. The van der Waals surface area contributed by atoms with Crippen molar-refractivity contribution in [1.82, 2.24) is 0 Å². The van der Waals surface area contributed by atoms with Crippen LogP contribution >= 0.6 is 11.6 Å². The molecule has 0 fully saturated rings. The lowest BCUT2D eigenvalue weighted by molar-refractivity contribution is -0.112. The van der Waals surface area contributed by atoms with E-state index in [4.69, 9.17) is 22.6 Å². The van der Waals surface area contributed by atoms with Crippen molar-refractivity contribution in [3.05, 3.63) is 70.9 Å². The van der Waals surface area contributed by atoms with Crippen LogP contribution in [0.15, 0.2) is 60.3 Å². The summed E-state index contributed by atoms with van der Waals surface area (Å²) in [5.74, 6) is -1.22. The van der Waals surface area contributed by atoms with Crippen LogP contribution in [0, 0.1) is 11.3 Å². The first-order valence-corrected chi connectivity index (χ1v) is 7.21. The molecule has 0 aliphatic rings. The van der Waals surface area contributed by atoms with E-state index in [9.17, 15) is 9.59 Å². The fourth-order valence-corrected chi connectivity index (χ4v) is 2.08. The first-order chi connectivity index (χ1) is 11.5. The summed E-state index contributed by atoms with van der Waals surface area (Å²) in [6, 6.07) is 14.8. The smallest absolute Gasteiger partial charge is 0.267 e. The number of benzene rings is 2. The van der Waals surface area contributed by atoms with E-state index in [1.54, 1.807) is 48.5 Å². The Kier molecular flexibility index (Phi) is 5.55. The minimum Gasteiger partial charge on any atom is -0.366 e. The summed E-state index contributed by atoms with van der Waals surface area (Å²) in [5.41, 5.74) is 6.21. The normalized spacial score (nSPS) is 10.6. The highest BCUT2D eigenvalue weighted by Gasteiger charge is 2.11. The van der Waals surface area contributed by atoms with E-state index < -0.39 is 11.8 Å². The van der Waals surface area contributed by atoms with E-state index in [2.05, 4.69) is 10.6 Å². The molecule has 0 saturated heterocycles. The minimum atomic E-state index is -0.617. The second-order valence-corrected chi connectivity index (χ2v) is 5.12. The number of anilines is 2. The van der Waals surface area contributed by atoms with Crippen LogP contribution in [0.4, 0.5) is 11.4 Å². The van der Waals surface area contributed by atoms with Crippen LogP contribution in [-0.2, 0) is 4.79 Å². The molecule has 0 atom stereocenters. The average molecular weight is 341 g/mol. The van der Waals surface area contributed by atoms with Crippen LogP contribution < -0.4 is 16.4 Å². The molecule has 0 heterocycles. The lowest BCUT2D eigenvalue weighted by atomic mass is 10.1. The number of amides is 2. The van der Waals surface area contributed by atoms with Crippen molar-refractivity contribution in [2.24, 2.45) is 5.73 Å². The van der Waals surface area contributed by atoms with Crippen molar-refractivity contribution in [2.75, 3.05) is 10.6 Å². The van der Waals surface area contributed by atoms with Gasteiger partial charge in [0, 0.05) is 16.9 Å². The van der Waals surface area contributed by atoms with Crippen molar-refractivity contribution >= 4 is 34.8 Å². The van der Waals surface area contributed by atoms with Crippen LogP contribution in [0.3, 0.4) is 0 Å². The molecule has 2 rings (SSSR count). The molecule has 0 unspecified atom stereocenters. The lowest BCUT2D eigenvalue weighted by Gasteiger charge is -2.07. The number of nitrogens with zero attached hydrogens (tertiary/aromatic N) is 1. The SMILES string of the molecule is N#C/C(=C/Nc1ccccc1C(N)=O)C(=O)Nc1cccc(Cl)c1. The fraction of sp³-hybridized carbons (Fsp3) is 0. The van der Waals surface area contributed by atoms with Gasteiger partial charge in [0.15, 0.2) is 0 Å². The third-order valence-electron chi connectivity index (χ3n) is 3.01. The number of hydrogen-bond donors (Lipinski definition) is 3. The zero-order valence-electron chi connectivity index (χ0n) is 12.4. The number of nitrogens with one attached hydrogen (secondary N) is 2. The summed E-state index contributed by atoms with van der Waals surface area (Å²) in [6.07, 6.45) is 1.21. The highest BCUT2D eigenvalue weighted by atomic mass is 35.5. The van der Waals surface area contributed by atoms with Gasteiger partial charge in [-0.15, -0.1) is 0 Å². The van der Waals surface area contributed by atoms with Gasteiger partial charge in [0.25, 0.3) is 11.8 Å². The number of nitriles is 1. The van der Waals surface area contributed by atoms with Gasteiger partial charge in [0.2, 0.25) is 0 Å². The van der Waals surface area contributed by atoms with Crippen LogP contribution in [0.25, 0.3) is 0 Å². The van der Waals surface area contributed by atoms with Crippen molar-refractivity contribution < 1.29 is 9.59 Å². The topological polar surface area (TPSA) is 108 Å². The summed E-state index contributed by atoms with van der Waals surface area (Å²) in [6.45, 7) is 0. The maximum atomic E-state index is 12.1. The monoisotopic (exact) mass is 340 g/mol. The molecular formula is C17H13ClN4O2. The molecule has 0 spiro atoms. The third-order valence-corrected chi connectivity index (χ3v) is 3.25. The molecule has 0 aliphatic carbocycles. The first-order valence-electron chi connectivity index (χ1n) is 6.84. The Labute approximate surface area is 143 Å². The van der Waals surface area contributed by atoms with Crippen LogP contribution in [0.5, 0.6) is 0 Å². The standard InChI is InChI=1S/C17H13ClN4O2/c18-12-4-3-5-13(8-12)22-17(24)11(9-19)10-21-15-7-2-1-6-14(15)16(20)23/h1-8,10,21H,(H2,20,23)(H,22,24)/b11-10-. The van der Waals surface area contributed by atoms with Gasteiger partial charge >= 0.3 is 0 Å². The number of rotatable bonds is 5. The van der Waals surface area contributed by atoms with Crippen LogP contribution in [-0.4, -0.2) is 11.8 Å². The molecule has 0 aliphatic heterocycles. The van der Waals surface area contributed by atoms with E-state index in [0.717, 1.165) is 0 Å². The van der Waals surface area contributed by atoms with Gasteiger partial charge in [0.1, 0.15) is 11.6 Å². The Hall–Kier alpha value is -3.30. The van der Waals surface area contributed by atoms with Crippen molar-refractivity contribution in [3.63, 3.8) is 0 Å². The third kappa shape index (κ3) is 4.35. The fourth-order valence-electron chi connectivity index (χ4n) is 1.89. The Morgan fingerprint density at radius 1 is 1.17 bits per heavy atom. The molecule has 4 N–H and O–H groups in total. The molecule has 0 radical (unpaired) electrons. The van der Waals surface area contributed by atoms with Gasteiger partial charge < -0.3 is 16.4 Å². The number of nitrogens with two attached hydrogens (primary N) is 1. The molecule has 2 aromatic carbocycles. The van der Waals surface area contributed by atoms with E-state index >= 15 is 0 Å². The highest BCUT2D eigenvalue weighted by Crippen LogP contribution is 2.17. The Morgan fingerprint density at radius 3 is 2.58 bits per heavy atom. The quantitative estimate of drug-likeness (QED) is 0.574. The van der Waals surface area contributed by atoms with Gasteiger partial charge in [-0.05, 0) is 30.3 Å². The summed E-state index contributed by atoms with van der Waals surface area (Å²) >= 11 is 5.84. The molecule has 6 nitrogen and oxygen atoms in total. The van der Waals surface area contributed by atoms with Gasteiger partial charge in [-0.1, -0.05) is 29.8 Å². The molecule has 2 aromatic rings. The van der Waals surface area contributed by atoms with E-state index in [1.807, 2.05) is 0 Å². The van der Waals surface area contributed by atoms with Crippen molar-refractivity contribution in [1.29, 1.82) is 5.26 Å². The second kappa shape index (κ2) is 7.81. The summed E-state index contributed by atoms with van der Waals surface area (Å²) in [4.78, 5) is 23.5. The first kappa shape index (κ1) is 17.1. The molecule has 120 valence electrons. The number of hydrogen-bond acceptors (Lipinski definition) is 4. The lowest BCUT2D eigenvalue weighted by Crippen LogP contribution is -2.16. The van der Waals surface area contributed by atoms with E-state index in [0.29, 0.717) is 16.4 Å². The molecule has 0 bridgehead atoms. The second-order valence-electron chi connectivity index (χ2n) is 4.69. The molecule has 0 aromatic heterocycles. The van der Waals surface area contributed by atoms with Gasteiger partial charge in [0.05, 0.1) is 11.3 Å². The van der Waals surface area contributed by atoms with Gasteiger partial charge in [-0.3, -0.25) is 9.59 Å². The summed E-state index contributed by atoms with van der Waals surface area (Å²) in [7, 11) is 0. The predicted molar refractivity (Wildman–Crippen MR) is 92.4 cm³/mol. The maximum Gasteiger partial charge on any atom is 0.267 e. The zero-order valence-corrected chi connectivity index (χ0v) is 13.2. The zero-order chi connectivity index (χ0) is 17.5. The molecule has 2 amide bonds. The maximum absolute atomic E-state index is 12.1. The highest BCUT2D eigenvalue weighted by molar-refractivity contribution is 6.31. The van der Waals surface area contributed by atoms with Crippen molar-refractivity contribution in [3.8, 4) is 6.07 Å². The van der Waals surface area contributed by atoms with Gasteiger partial charge in [-0.25, -0.2) is 0 Å². The van der Waals surface area contributed by atoms with Crippen LogP contribution in [0.1, 0.15) is 10.4 Å². The molecule has 24 heavy (non-hydrogen) atoms. The average Bonchev–Trinajstić information content (AvgIpc) is 2.55. The van der Waals surface area contributed by atoms with E-state index in [-0.39, 0.29) is 11.1 Å². The number of primary amides is 1. The largest absolute Gasteiger partial charge is 0.366 e. The molecule has 7 heteroatoms. The molecule has 0 saturated carbocycles. The number of halogens is 1. The number of para-hydroxylation sites is 1. The Morgan fingerprint density at radius 2 is 1.92 bits per heavy atom. The Bertz CT molecular complexity index is 856.